The number of nitrogens with zero attached hydrogens (tertiary/aromatic N) is 2. The van der Waals surface area contributed by atoms with E-state index in [1.165, 1.54) is 0 Å². The summed E-state index contributed by atoms with van der Waals surface area (Å²) in [6.45, 7) is 0.553. The average molecular weight is 448 g/mol. The van der Waals surface area contributed by atoms with Crippen molar-refractivity contribution < 1.29 is 8.42 Å². The SMILES string of the molecule is Cn1cccc1C1CCCN1S(=O)(=O)c1cc(Br)ccc1Br. The third-order valence-electron chi connectivity index (χ3n) is 4.01. The third kappa shape index (κ3) is 2.79. The molecule has 1 aromatic heterocycles. The van der Waals surface area contributed by atoms with E-state index in [9.17, 15) is 8.42 Å². The first-order valence-corrected chi connectivity index (χ1v) is 10.0. The van der Waals surface area contributed by atoms with Gasteiger partial charge in [0.15, 0.2) is 0 Å². The summed E-state index contributed by atoms with van der Waals surface area (Å²) in [6.07, 6.45) is 3.68. The zero-order valence-corrected chi connectivity index (χ0v) is 16.0. The van der Waals surface area contributed by atoms with E-state index >= 15 is 0 Å². The van der Waals surface area contributed by atoms with Crippen LogP contribution in [0.4, 0.5) is 0 Å². The Labute approximate surface area is 147 Å². The predicted octanol–water partition coefficient (Wildman–Crippen LogP) is 4.08. The Morgan fingerprint density at radius 1 is 1.23 bits per heavy atom. The van der Waals surface area contributed by atoms with Gasteiger partial charge in [0.2, 0.25) is 10.0 Å². The molecular weight excluding hydrogens is 432 g/mol. The minimum Gasteiger partial charge on any atom is -0.353 e. The van der Waals surface area contributed by atoms with Crippen LogP contribution in [0.1, 0.15) is 24.6 Å². The van der Waals surface area contributed by atoms with Gasteiger partial charge in [-0.15, -0.1) is 0 Å². The molecule has 1 unspecified atom stereocenters. The summed E-state index contributed by atoms with van der Waals surface area (Å²) in [6, 6.07) is 9.07. The van der Waals surface area contributed by atoms with Gasteiger partial charge in [0.1, 0.15) is 0 Å². The summed E-state index contributed by atoms with van der Waals surface area (Å²) < 4.78 is 31.1. The van der Waals surface area contributed by atoms with Gasteiger partial charge in [-0.1, -0.05) is 15.9 Å². The first-order valence-electron chi connectivity index (χ1n) is 6.99. The van der Waals surface area contributed by atoms with Gasteiger partial charge >= 0.3 is 0 Å². The van der Waals surface area contributed by atoms with Crippen molar-refractivity contribution in [3.63, 3.8) is 0 Å². The highest BCUT2D eigenvalue weighted by molar-refractivity contribution is 9.11. The van der Waals surface area contributed by atoms with Gasteiger partial charge in [0.25, 0.3) is 0 Å². The number of aromatic nitrogens is 1. The molecule has 1 fully saturated rings. The minimum absolute atomic E-state index is 0.101. The van der Waals surface area contributed by atoms with Gasteiger partial charge in [0, 0.05) is 34.4 Å². The first-order chi connectivity index (χ1) is 10.4. The van der Waals surface area contributed by atoms with Crippen molar-refractivity contribution in [1.29, 1.82) is 0 Å². The van der Waals surface area contributed by atoms with Crippen molar-refractivity contribution in [2.45, 2.75) is 23.8 Å². The normalized spacial score (nSPS) is 19.7. The van der Waals surface area contributed by atoms with Gasteiger partial charge in [-0.2, -0.15) is 4.31 Å². The van der Waals surface area contributed by atoms with E-state index in [2.05, 4.69) is 31.9 Å². The molecule has 0 radical (unpaired) electrons. The topological polar surface area (TPSA) is 42.3 Å². The van der Waals surface area contributed by atoms with Gasteiger partial charge in [-0.25, -0.2) is 8.42 Å². The molecule has 4 nitrogen and oxygen atoms in total. The molecule has 118 valence electrons. The van der Waals surface area contributed by atoms with Crippen LogP contribution >= 0.6 is 31.9 Å². The molecule has 22 heavy (non-hydrogen) atoms. The standard InChI is InChI=1S/C15H16Br2N2O2S/c1-18-8-2-4-13(18)14-5-3-9-19(14)22(20,21)15-10-11(16)6-7-12(15)17/h2,4,6-8,10,14H,3,5,9H2,1H3. The maximum absolute atomic E-state index is 13.1. The second-order valence-electron chi connectivity index (χ2n) is 5.39. The Kier molecular flexibility index (Phi) is 4.51. The van der Waals surface area contributed by atoms with Crippen LogP contribution < -0.4 is 0 Å². The van der Waals surface area contributed by atoms with Gasteiger partial charge in [-0.3, -0.25) is 0 Å². The van der Waals surface area contributed by atoms with Crippen LogP contribution in [-0.4, -0.2) is 23.8 Å². The Morgan fingerprint density at radius 3 is 2.68 bits per heavy atom. The van der Waals surface area contributed by atoms with Crippen LogP contribution in [-0.2, 0) is 17.1 Å². The largest absolute Gasteiger partial charge is 0.353 e. The van der Waals surface area contributed by atoms with Crippen LogP contribution in [0.25, 0.3) is 0 Å². The van der Waals surface area contributed by atoms with Crippen molar-refractivity contribution in [3.8, 4) is 0 Å². The summed E-state index contributed by atoms with van der Waals surface area (Å²) in [5, 5.41) is 0. The second kappa shape index (κ2) is 6.11. The van der Waals surface area contributed by atoms with Crippen LogP contribution in [0.3, 0.4) is 0 Å². The molecule has 7 heteroatoms. The summed E-state index contributed by atoms with van der Waals surface area (Å²) in [7, 11) is -1.59. The predicted molar refractivity (Wildman–Crippen MR) is 93.1 cm³/mol. The first kappa shape index (κ1) is 16.2. The lowest BCUT2D eigenvalue weighted by molar-refractivity contribution is 0.384. The highest BCUT2D eigenvalue weighted by Gasteiger charge is 2.38. The van der Waals surface area contributed by atoms with Crippen molar-refractivity contribution in [1.82, 2.24) is 8.87 Å². The van der Waals surface area contributed by atoms with Gasteiger partial charge in [-0.05, 0) is 59.1 Å². The molecule has 2 aromatic rings. The third-order valence-corrected chi connectivity index (χ3v) is 7.40. The molecule has 1 atom stereocenters. The van der Waals surface area contributed by atoms with Gasteiger partial charge < -0.3 is 4.57 Å². The molecule has 0 N–H and O–H groups in total. The van der Waals surface area contributed by atoms with E-state index in [0.717, 1.165) is 23.0 Å². The van der Waals surface area contributed by atoms with Crippen molar-refractivity contribution >= 4 is 41.9 Å². The number of sulfonamides is 1. The van der Waals surface area contributed by atoms with Crippen LogP contribution in [0.5, 0.6) is 0 Å². The van der Waals surface area contributed by atoms with Gasteiger partial charge in [0.05, 0.1) is 10.9 Å². The lowest BCUT2D eigenvalue weighted by Gasteiger charge is -2.25. The maximum Gasteiger partial charge on any atom is 0.244 e. The number of hydrogen-bond acceptors (Lipinski definition) is 2. The fourth-order valence-corrected chi connectivity index (χ4v) is 6.08. The van der Waals surface area contributed by atoms with E-state index in [4.69, 9.17) is 0 Å². The number of hydrogen-bond donors (Lipinski definition) is 0. The lowest BCUT2D eigenvalue weighted by Crippen LogP contribution is -2.31. The molecule has 1 aromatic carbocycles. The van der Waals surface area contributed by atoms with E-state index in [1.54, 1.807) is 16.4 Å². The highest BCUT2D eigenvalue weighted by atomic mass is 79.9. The van der Waals surface area contributed by atoms with Crippen molar-refractivity contribution in [3.05, 3.63) is 51.2 Å². The molecule has 2 heterocycles. The minimum atomic E-state index is -3.54. The molecule has 3 rings (SSSR count). The average Bonchev–Trinajstić information content (AvgIpc) is 3.09. The van der Waals surface area contributed by atoms with Crippen molar-refractivity contribution in [2.75, 3.05) is 6.54 Å². The molecule has 0 amide bonds. The van der Waals surface area contributed by atoms with E-state index in [0.29, 0.717) is 15.9 Å². The Hall–Kier alpha value is -0.630. The fraction of sp³-hybridized carbons (Fsp3) is 0.333. The van der Waals surface area contributed by atoms with E-state index in [-0.39, 0.29) is 6.04 Å². The van der Waals surface area contributed by atoms with E-state index in [1.807, 2.05) is 36.0 Å². The number of benzene rings is 1. The van der Waals surface area contributed by atoms with Crippen LogP contribution in [0.15, 0.2) is 50.4 Å². The maximum atomic E-state index is 13.1. The zero-order valence-electron chi connectivity index (χ0n) is 12.0. The molecule has 1 aliphatic heterocycles. The number of rotatable bonds is 3. The van der Waals surface area contributed by atoms with Crippen LogP contribution in [0, 0.1) is 0 Å². The molecule has 0 spiro atoms. The molecule has 1 saturated heterocycles. The summed E-state index contributed by atoms with van der Waals surface area (Å²) in [4.78, 5) is 0.308. The summed E-state index contributed by atoms with van der Waals surface area (Å²) >= 11 is 6.72. The lowest BCUT2D eigenvalue weighted by atomic mass is 10.1. The van der Waals surface area contributed by atoms with Crippen LogP contribution in [0.2, 0.25) is 0 Å². The Balaban J connectivity index is 2.05. The molecule has 0 aliphatic carbocycles. The monoisotopic (exact) mass is 446 g/mol. The van der Waals surface area contributed by atoms with E-state index < -0.39 is 10.0 Å². The highest BCUT2D eigenvalue weighted by Crippen LogP contribution is 2.38. The number of aryl methyl sites for hydroxylation is 1. The molecule has 0 bridgehead atoms. The summed E-state index contributed by atoms with van der Waals surface area (Å²) in [5.74, 6) is 0. The zero-order chi connectivity index (χ0) is 15.9. The Morgan fingerprint density at radius 2 is 2.00 bits per heavy atom. The Bertz CT molecular complexity index is 802. The smallest absolute Gasteiger partial charge is 0.244 e. The molecule has 1 aliphatic rings. The second-order valence-corrected chi connectivity index (χ2v) is 9.02. The van der Waals surface area contributed by atoms with Crippen molar-refractivity contribution in [2.24, 2.45) is 7.05 Å². The summed E-state index contributed by atoms with van der Waals surface area (Å²) in [5.41, 5.74) is 1.03. The molecular formula is C15H16Br2N2O2S. The molecule has 0 saturated carbocycles. The fourth-order valence-electron chi connectivity index (χ4n) is 2.95. The quantitative estimate of drug-likeness (QED) is 0.711. The number of halogens is 2.